The van der Waals surface area contributed by atoms with Crippen molar-refractivity contribution in [3.63, 3.8) is 0 Å². The molecule has 0 saturated carbocycles. The third kappa shape index (κ3) is 2.07. The molecule has 0 aromatic carbocycles. The van der Waals surface area contributed by atoms with Crippen molar-refractivity contribution in [3.05, 3.63) is 18.1 Å². The van der Waals surface area contributed by atoms with Crippen molar-refractivity contribution >= 4 is 21.7 Å². The maximum atomic E-state index is 4.48. The molecule has 0 amide bonds. The summed E-state index contributed by atoms with van der Waals surface area (Å²) in [5.74, 6) is 1.14. The number of rotatable bonds is 2. The monoisotopic (exact) mass is 295 g/mol. The SMILES string of the molecule is CCc1cc(N2C3CCC2CC(Br)C3)ncn1. The highest BCUT2D eigenvalue weighted by atomic mass is 79.9. The Bertz CT molecular complexity index is 395. The highest BCUT2D eigenvalue weighted by Crippen LogP contribution is 2.40. The number of nitrogens with zero attached hydrogens (tertiary/aromatic N) is 3. The van der Waals surface area contributed by atoms with E-state index in [4.69, 9.17) is 0 Å². The van der Waals surface area contributed by atoms with E-state index < -0.39 is 0 Å². The Labute approximate surface area is 111 Å². The van der Waals surface area contributed by atoms with Crippen molar-refractivity contribution < 1.29 is 0 Å². The lowest BCUT2D eigenvalue weighted by Crippen LogP contribution is -2.43. The molecule has 0 N–H and O–H groups in total. The van der Waals surface area contributed by atoms with Gasteiger partial charge in [0.2, 0.25) is 0 Å². The maximum Gasteiger partial charge on any atom is 0.132 e. The van der Waals surface area contributed by atoms with Crippen molar-refractivity contribution in [2.24, 2.45) is 0 Å². The maximum absolute atomic E-state index is 4.48. The predicted octanol–water partition coefficient (Wildman–Crippen LogP) is 2.93. The van der Waals surface area contributed by atoms with Crippen molar-refractivity contribution in [2.45, 2.75) is 55.9 Å². The van der Waals surface area contributed by atoms with Gasteiger partial charge in [0.15, 0.2) is 0 Å². The first kappa shape index (κ1) is 11.5. The van der Waals surface area contributed by atoms with Gasteiger partial charge in [-0.15, -0.1) is 0 Å². The Balaban J connectivity index is 1.89. The van der Waals surface area contributed by atoms with Crippen LogP contribution < -0.4 is 4.90 Å². The first-order valence-electron chi connectivity index (χ1n) is 6.51. The second-order valence-corrected chi connectivity index (χ2v) is 6.38. The number of hydrogen-bond acceptors (Lipinski definition) is 3. The lowest BCUT2D eigenvalue weighted by molar-refractivity contribution is 0.479. The molecule has 2 bridgehead atoms. The van der Waals surface area contributed by atoms with E-state index in [9.17, 15) is 0 Å². The number of fused-ring (bicyclic) bond motifs is 2. The Morgan fingerprint density at radius 2 is 2.00 bits per heavy atom. The average molecular weight is 296 g/mol. The lowest BCUT2D eigenvalue weighted by Gasteiger charge is -2.38. The van der Waals surface area contributed by atoms with E-state index in [2.05, 4.69) is 43.8 Å². The summed E-state index contributed by atoms with van der Waals surface area (Å²) in [5.41, 5.74) is 1.15. The Morgan fingerprint density at radius 3 is 2.65 bits per heavy atom. The Hall–Kier alpha value is -0.640. The number of hydrogen-bond donors (Lipinski definition) is 0. The van der Waals surface area contributed by atoms with Gasteiger partial charge in [-0.1, -0.05) is 22.9 Å². The normalized spacial score (nSPS) is 31.9. The van der Waals surface area contributed by atoms with Crippen LogP contribution in [0.2, 0.25) is 0 Å². The van der Waals surface area contributed by atoms with Gasteiger partial charge in [0, 0.05) is 28.7 Å². The van der Waals surface area contributed by atoms with Crippen LogP contribution >= 0.6 is 15.9 Å². The summed E-state index contributed by atoms with van der Waals surface area (Å²) in [7, 11) is 0. The molecule has 4 heteroatoms. The van der Waals surface area contributed by atoms with Gasteiger partial charge in [-0.2, -0.15) is 0 Å². The quantitative estimate of drug-likeness (QED) is 0.786. The van der Waals surface area contributed by atoms with E-state index >= 15 is 0 Å². The Kier molecular flexibility index (Phi) is 3.07. The number of piperidine rings is 1. The van der Waals surface area contributed by atoms with Gasteiger partial charge >= 0.3 is 0 Å². The van der Waals surface area contributed by atoms with Gasteiger partial charge in [0.1, 0.15) is 12.1 Å². The van der Waals surface area contributed by atoms with E-state index in [1.165, 1.54) is 25.7 Å². The van der Waals surface area contributed by atoms with Gasteiger partial charge in [-0.3, -0.25) is 0 Å². The predicted molar refractivity (Wildman–Crippen MR) is 72.6 cm³/mol. The summed E-state index contributed by atoms with van der Waals surface area (Å²) in [6.07, 6.45) is 7.84. The molecule has 2 atom stereocenters. The number of aromatic nitrogens is 2. The minimum atomic E-state index is 0.678. The summed E-state index contributed by atoms with van der Waals surface area (Å²) < 4.78 is 0. The van der Waals surface area contributed by atoms with E-state index in [1.807, 2.05) is 0 Å². The third-order valence-corrected chi connectivity index (χ3v) is 4.76. The summed E-state index contributed by atoms with van der Waals surface area (Å²) in [6.45, 7) is 2.14. The van der Waals surface area contributed by atoms with Crippen LogP contribution in [0.15, 0.2) is 12.4 Å². The molecule has 3 nitrogen and oxygen atoms in total. The molecule has 3 rings (SSSR count). The molecule has 2 saturated heterocycles. The largest absolute Gasteiger partial charge is 0.350 e. The molecule has 2 unspecified atom stereocenters. The molecule has 0 aliphatic carbocycles. The van der Waals surface area contributed by atoms with Crippen LogP contribution in [0, 0.1) is 0 Å². The average Bonchev–Trinajstić information content (AvgIpc) is 2.62. The van der Waals surface area contributed by atoms with E-state index in [0.717, 1.165) is 17.9 Å². The van der Waals surface area contributed by atoms with Gasteiger partial charge in [0.25, 0.3) is 0 Å². The molecule has 1 aromatic heterocycles. The molecule has 0 spiro atoms. The second-order valence-electron chi connectivity index (χ2n) is 5.08. The molecule has 92 valence electrons. The second kappa shape index (κ2) is 4.56. The molecule has 2 fully saturated rings. The smallest absolute Gasteiger partial charge is 0.132 e. The molecular formula is C13H18BrN3. The fourth-order valence-corrected chi connectivity index (χ4v) is 4.07. The van der Waals surface area contributed by atoms with Gasteiger partial charge in [-0.05, 0) is 32.1 Å². The summed E-state index contributed by atoms with van der Waals surface area (Å²) in [6, 6.07) is 3.52. The molecule has 2 aliphatic heterocycles. The first-order chi connectivity index (χ1) is 8.28. The van der Waals surface area contributed by atoms with Crippen LogP contribution in [-0.4, -0.2) is 26.9 Å². The van der Waals surface area contributed by atoms with Gasteiger partial charge in [-0.25, -0.2) is 9.97 Å². The molecule has 1 aromatic rings. The highest BCUT2D eigenvalue weighted by molar-refractivity contribution is 9.09. The van der Waals surface area contributed by atoms with Crippen LogP contribution in [0.4, 0.5) is 5.82 Å². The minimum Gasteiger partial charge on any atom is -0.350 e. The summed E-state index contributed by atoms with van der Waals surface area (Å²) in [5, 5.41) is 0. The van der Waals surface area contributed by atoms with E-state index in [1.54, 1.807) is 6.33 Å². The summed E-state index contributed by atoms with van der Waals surface area (Å²) >= 11 is 3.78. The zero-order valence-electron chi connectivity index (χ0n) is 10.1. The molecule has 2 aliphatic rings. The number of halogens is 1. The van der Waals surface area contributed by atoms with Crippen molar-refractivity contribution in [3.8, 4) is 0 Å². The van der Waals surface area contributed by atoms with Crippen LogP contribution in [0.3, 0.4) is 0 Å². The van der Waals surface area contributed by atoms with Crippen LogP contribution in [0.25, 0.3) is 0 Å². The van der Waals surface area contributed by atoms with Crippen LogP contribution in [0.5, 0.6) is 0 Å². The first-order valence-corrected chi connectivity index (χ1v) is 7.43. The summed E-state index contributed by atoms with van der Waals surface area (Å²) in [4.78, 5) is 12.0. The molecule has 3 heterocycles. The van der Waals surface area contributed by atoms with Crippen molar-refractivity contribution in [1.82, 2.24) is 9.97 Å². The van der Waals surface area contributed by atoms with E-state index in [0.29, 0.717) is 16.9 Å². The van der Waals surface area contributed by atoms with Gasteiger partial charge < -0.3 is 4.90 Å². The van der Waals surface area contributed by atoms with E-state index in [-0.39, 0.29) is 0 Å². The molecule has 17 heavy (non-hydrogen) atoms. The fourth-order valence-electron chi connectivity index (χ4n) is 3.20. The number of aryl methyl sites for hydroxylation is 1. The van der Waals surface area contributed by atoms with Crippen LogP contribution in [-0.2, 0) is 6.42 Å². The highest BCUT2D eigenvalue weighted by Gasteiger charge is 2.40. The number of alkyl halides is 1. The lowest BCUT2D eigenvalue weighted by atomic mass is 10.0. The number of anilines is 1. The topological polar surface area (TPSA) is 29.0 Å². The van der Waals surface area contributed by atoms with Crippen molar-refractivity contribution in [2.75, 3.05) is 4.90 Å². The minimum absolute atomic E-state index is 0.678. The zero-order valence-corrected chi connectivity index (χ0v) is 11.7. The standard InChI is InChI=1S/C13H18BrN3/c1-2-10-7-13(16-8-15-10)17-11-3-4-12(17)6-9(14)5-11/h7-9,11-12H,2-6H2,1H3. The van der Waals surface area contributed by atoms with Gasteiger partial charge in [0.05, 0.1) is 0 Å². The Morgan fingerprint density at radius 1 is 1.29 bits per heavy atom. The zero-order chi connectivity index (χ0) is 11.8. The third-order valence-electron chi connectivity index (χ3n) is 4.01. The molecule has 0 radical (unpaired) electrons. The van der Waals surface area contributed by atoms with Crippen LogP contribution in [0.1, 0.15) is 38.3 Å². The van der Waals surface area contributed by atoms with Crippen molar-refractivity contribution in [1.29, 1.82) is 0 Å². The molecular weight excluding hydrogens is 278 g/mol. The fraction of sp³-hybridized carbons (Fsp3) is 0.692.